The Labute approximate surface area is 92.8 Å². The van der Waals surface area contributed by atoms with E-state index in [0.717, 1.165) is 15.8 Å². The molecule has 0 amide bonds. The molecule has 0 radical (unpaired) electrons. The first-order chi connectivity index (χ1) is 7.04. The standard InChI is InChI=1S/C10H11NO2S2/c1-14-8-5-3-4-7-9(15(2,12)13)6-11-10(7)8/h3-6,11H,1-2H3. The summed E-state index contributed by atoms with van der Waals surface area (Å²) in [4.78, 5) is 4.44. The fourth-order valence-corrected chi connectivity index (χ4v) is 3.01. The Bertz CT molecular complexity index is 599. The molecule has 0 fully saturated rings. The first-order valence-electron chi connectivity index (χ1n) is 4.38. The van der Waals surface area contributed by atoms with E-state index in [1.807, 2.05) is 24.5 Å². The molecule has 80 valence electrons. The summed E-state index contributed by atoms with van der Waals surface area (Å²) in [6.45, 7) is 0. The van der Waals surface area contributed by atoms with Gasteiger partial charge in [0.25, 0.3) is 0 Å². The maximum atomic E-state index is 11.5. The predicted molar refractivity (Wildman–Crippen MR) is 63.2 cm³/mol. The molecule has 2 aromatic rings. The van der Waals surface area contributed by atoms with Gasteiger partial charge in [0.15, 0.2) is 9.84 Å². The monoisotopic (exact) mass is 241 g/mol. The lowest BCUT2D eigenvalue weighted by atomic mass is 10.2. The molecular formula is C10H11NO2S2. The van der Waals surface area contributed by atoms with Crippen molar-refractivity contribution in [1.82, 2.24) is 4.98 Å². The van der Waals surface area contributed by atoms with Crippen molar-refractivity contribution in [1.29, 1.82) is 0 Å². The van der Waals surface area contributed by atoms with Crippen LogP contribution in [0.4, 0.5) is 0 Å². The Kier molecular flexibility index (Phi) is 2.52. The Morgan fingerprint density at radius 3 is 2.67 bits per heavy atom. The lowest BCUT2D eigenvalue weighted by molar-refractivity contribution is 0.602. The predicted octanol–water partition coefficient (Wildman–Crippen LogP) is 2.29. The van der Waals surface area contributed by atoms with E-state index in [0.29, 0.717) is 4.90 Å². The topological polar surface area (TPSA) is 49.9 Å². The molecule has 15 heavy (non-hydrogen) atoms. The lowest BCUT2D eigenvalue weighted by Crippen LogP contribution is -1.94. The number of nitrogens with one attached hydrogen (secondary N) is 1. The van der Waals surface area contributed by atoms with Crippen molar-refractivity contribution in [3.63, 3.8) is 0 Å². The summed E-state index contributed by atoms with van der Waals surface area (Å²) in [5.74, 6) is 0. The van der Waals surface area contributed by atoms with E-state index in [1.165, 1.54) is 6.26 Å². The molecule has 0 aliphatic rings. The molecule has 0 aliphatic heterocycles. The largest absolute Gasteiger partial charge is 0.359 e. The maximum Gasteiger partial charge on any atom is 0.177 e. The fourth-order valence-electron chi connectivity index (χ4n) is 1.58. The third-order valence-corrected chi connectivity index (χ3v) is 4.18. The van der Waals surface area contributed by atoms with Crippen LogP contribution in [0.15, 0.2) is 34.2 Å². The maximum absolute atomic E-state index is 11.5. The number of aromatic amines is 1. The number of rotatable bonds is 2. The van der Waals surface area contributed by atoms with Crippen molar-refractivity contribution < 1.29 is 8.42 Å². The summed E-state index contributed by atoms with van der Waals surface area (Å²) < 4.78 is 23.0. The minimum atomic E-state index is -3.15. The van der Waals surface area contributed by atoms with Crippen LogP contribution in [0.2, 0.25) is 0 Å². The average Bonchev–Trinajstić information content (AvgIpc) is 2.59. The first kappa shape index (κ1) is 10.6. The molecule has 0 saturated heterocycles. The van der Waals surface area contributed by atoms with Gasteiger partial charge in [-0.25, -0.2) is 8.42 Å². The Balaban J connectivity index is 2.83. The van der Waals surface area contributed by atoms with Gasteiger partial charge in [0.1, 0.15) is 0 Å². The van der Waals surface area contributed by atoms with Crippen LogP contribution in [-0.2, 0) is 9.84 Å². The summed E-state index contributed by atoms with van der Waals surface area (Å²) in [5.41, 5.74) is 0.894. The number of fused-ring (bicyclic) bond motifs is 1. The Morgan fingerprint density at radius 2 is 2.07 bits per heavy atom. The third kappa shape index (κ3) is 1.77. The number of H-pyrrole nitrogens is 1. The third-order valence-electron chi connectivity index (χ3n) is 2.26. The van der Waals surface area contributed by atoms with Crippen LogP contribution in [0, 0.1) is 0 Å². The molecule has 0 bridgehead atoms. The van der Waals surface area contributed by atoms with Gasteiger partial charge in [0.2, 0.25) is 0 Å². The summed E-state index contributed by atoms with van der Waals surface area (Å²) in [5, 5.41) is 0.768. The minimum Gasteiger partial charge on any atom is -0.359 e. The second kappa shape index (κ2) is 3.57. The molecule has 0 unspecified atom stereocenters. The van der Waals surface area contributed by atoms with Gasteiger partial charge in [-0.3, -0.25) is 0 Å². The van der Waals surface area contributed by atoms with Crippen molar-refractivity contribution in [3.05, 3.63) is 24.4 Å². The highest BCUT2D eigenvalue weighted by Crippen LogP contribution is 2.29. The lowest BCUT2D eigenvalue weighted by Gasteiger charge is -1.99. The summed E-state index contributed by atoms with van der Waals surface area (Å²) >= 11 is 1.60. The van der Waals surface area contributed by atoms with Crippen LogP contribution in [0.5, 0.6) is 0 Å². The molecule has 5 heteroatoms. The molecule has 0 aliphatic carbocycles. The molecule has 2 rings (SSSR count). The first-order valence-corrected chi connectivity index (χ1v) is 7.50. The van der Waals surface area contributed by atoms with Crippen LogP contribution < -0.4 is 0 Å². The molecule has 1 heterocycles. The highest BCUT2D eigenvalue weighted by atomic mass is 32.2. The van der Waals surface area contributed by atoms with Gasteiger partial charge in [-0.15, -0.1) is 11.8 Å². The quantitative estimate of drug-likeness (QED) is 0.821. The highest BCUT2D eigenvalue weighted by Gasteiger charge is 2.14. The van der Waals surface area contributed by atoms with Crippen LogP contribution in [0.3, 0.4) is 0 Å². The zero-order chi connectivity index (χ0) is 11.1. The smallest absolute Gasteiger partial charge is 0.177 e. The number of sulfone groups is 1. The van der Waals surface area contributed by atoms with Crippen molar-refractivity contribution in [2.75, 3.05) is 12.5 Å². The van der Waals surface area contributed by atoms with Crippen LogP contribution in [0.1, 0.15) is 0 Å². The Morgan fingerprint density at radius 1 is 1.33 bits per heavy atom. The van der Waals surface area contributed by atoms with E-state index >= 15 is 0 Å². The van der Waals surface area contributed by atoms with Crippen molar-refractivity contribution in [2.45, 2.75) is 9.79 Å². The summed E-state index contributed by atoms with van der Waals surface area (Å²) in [6, 6.07) is 5.66. The number of hydrogen-bond acceptors (Lipinski definition) is 3. The van der Waals surface area contributed by atoms with Crippen LogP contribution in [0.25, 0.3) is 10.9 Å². The second-order valence-corrected chi connectivity index (χ2v) is 6.14. The van der Waals surface area contributed by atoms with E-state index in [-0.39, 0.29) is 0 Å². The summed E-state index contributed by atoms with van der Waals surface area (Å²) in [7, 11) is -3.15. The number of thioether (sulfide) groups is 1. The van der Waals surface area contributed by atoms with Gasteiger partial charge >= 0.3 is 0 Å². The number of para-hydroxylation sites is 1. The number of benzene rings is 1. The SMILES string of the molecule is CSc1cccc2c(S(C)(=O)=O)c[nH]c12. The molecule has 1 N–H and O–H groups in total. The normalized spacial score (nSPS) is 12.1. The van der Waals surface area contributed by atoms with E-state index in [9.17, 15) is 8.42 Å². The van der Waals surface area contributed by atoms with Crippen molar-refractivity contribution in [3.8, 4) is 0 Å². The average molecular weight is 241 g/mol. The molecule has 0 spiro atoms. The fraction of sp³-hybridized carbons (Fsp3) is 0.200. The summed E-state index contributed by atoms with van der Waals surface area (Å²) in [6.07, 6.45) is 4.75. The molecule has 3 nitrogen and oxygen atoms in total. The highest BCUT2D eigenvalue weighted by molar-refractivity contribution is 7.98. The van der Waals surface area contributed by atoms with Gasteiger partial charge in [-0.1, -0.05) is 12.1 Å². The van der Waals surface area contributed by atoms with Crippen LogP contribution in [-0.4, -0.2) is 25.9 Å². The van der Waals surface area contributed by atoms with Crippen molar-refractivity contribution in [2.24, 2.45) is 0 Å². The molecule has 0 saturated carbocycles. The van der Waals surface area contributed by atoms with E-state index in [4.69, 9.17) is 0 Å². The Hall–Kier alpha value is -0.940. The second-order valence-electron chi connectivity index (χ2n) is 3.31. The number of hydrogen-bond donors (Lipinski definition) is 1. The zero-order valence-corrected chi connectivity index (χ0v) is 10.1. The molecule has 1 aromatic carbocycles. The van der Waals surface area contributed by atoms with Gasteiger partial charge in [0, 0.05) is 22.7 Å². The van der Waals surface area contributed by atoms with Gasteiger partial charge in [-0.05, 0) is 12.3 Å². The van der Waals surface area contributed by atoms with Crippen molar-refractivity contribution >= 4 is 32.5 Å². The van der Waals surface area contributed by atoms with Gasteiger partial charge in [-0.2, -0.15) is 0 Å². The minimum absolute atomic E-state index is 0.369. The van der Waals surface area contributed by atoms with E-state index < -0.39 is 9.84 Å². The van der Waals surface area contributed by atoms with E-state index in [2.05, 4.69) is 4.98 Å². The van der Waals surface area contributed by atoms with Crippen LogP contribution >= 0.6 is 11.8 Å². The molecule has 0 atom stereocenters. The molecular weight excluding hydrogens is 230 g/mol. The zero-order valence-electron chi connectivity index (χ0n) is 8.44. The number of aromatic nitrogens is 1. The van der Waals surface area contributed by atoms with Gasteiger partial charge < -0.3 is 4.98 Å². The molecule has 1 aromatic heterocycles. The van der Waals surface area contributed by atoms with E-state index in [1.54, 1.807) is 18.0 Å². The van der Waals surface area contributed by atoms with Gasteiger partial charge in [0.05, 0.1) is 10.4 Å².